The molecule has 6 heteroatoms. The number of benzene rings is 3. The van der Waals surface area contributed by atoms with E-state index in [1.54, 1.807) is 24.3 Å². The van der Waals surface area contributed by atoms with Crippen molar-refractivity contribution in [3.63, 3.8) is 0 Å². The van der Waals surface area contributed by atoms with Crippen molar-refractivity contribution >= 4 is 28.7 Å². The summed E-state index contributed by atoms with van der Waals surface area (Å²) in [6.07, 6.45) is 0. The van der Waals surface area contributed by atoms with Crippen LogP contribution in [0.2, 0.25) is 0 Å². The number of carboxylic acids is 2. The molecule has 0 bridgehead atoms. The first-order valence-electron chi connectivity index (χ1n) is 7.27. The molecular formula is C19H12O6. The van der Waals surface area contributed by atoms with E-state index in [0.29, 0.717) is 11.1 Å². The van der Waals surface area contributed by atoms with Crippen molar-refractivity contribution in [2.75, 3.05) is 0 Å². The molecule has 124 valence electrons. The number of aromatic carboxylic acids is 2. The van der Waals surface area contributed by atoms with Gasteiger partial charge in [0.15, 0.2) is 0 Å². The minimum atomic E-state index is -1.07. The normalized spacial score (nSPS) is 10.4. The number of hydrogen-bond donors (Lipinski definition) is 2. The largest absolute Gasteiger partial charge is 0.478 e. The van der Waals surface area contributed by atoms with Crippen molar-refractivity contribution in [3.8, 4) is 5.75 Å². The summed E-state index contributed by atoms with van der Waals surface area (Å²) in [6, 6.07) is 14.9. The first-order chi connectivity index (χ1) is 11.9. The van der Waals surface area contributed by atoms with Crippen molar-refractivity contribution < 1.29 is 29.3 Å². The third-order valence-corrected chi connectivity index (χ3v) is 3.64. The van der Waals surface area contributed by atoms with Gasteiger partial charge in [0.25, 0.3) is 0 Å². The van der Waals surface area contributed by atoms with Crippen LogP contribution in [0.15, 0.2) is 60.7 Å². The van der Waals surface area contributed by atoms with Crippen LogP contribution in [0.25, 0.3) is 10.8 Å². The second-order valence-electron chi connectivity index (χ2n) is 5.30. The molecular weight excluding hydrogens is 324 g/mol. The summed E-state index contributed by atoms with van der Waals surface area (Å²) in [4.78, 5) is 33.9. The van der Waals surface area contributed by atoms with E-state index in [0.717, 1.165) is 5.39 Å². The maximum Gasteiger partial charge on any atom is 0.343 e. The summed E-state index contributed by atoms with van der Waals surface area (Å²) < 4.78 is 5.28. The van der Waals surface area contributed by atoms with Crippen LogP contribution in [-0.2, 0) is 0 Å². The molecule has 3 rings (SSSR count). The highest BCUT2D eigenvalue weighted by atomic mass is 16.5. The fourth-order valence-electron chi connectivity index (χ4n) is 2.34. The lowest BCUT2D eigenvalue weighted by molar-refractivity contribution is 0.0685. The number of hydrogen-bond acceptors (Lipinski definition) is 4. The Balaban J connectivity index is 1.82. The molecule has 0 fully saturated rings. The van der Waals surface area contributed by atoms with Gasteiger partial charge in [-0.15, -0.1) is 0 Å². The highest BCUT2D eigenvalue weighted by Crippen LogP contribution is 2.23. The fraction of sp³-hybridized carbons (Fsp3) is 0. The summed E-state index contributed by atoms with van der Waals surface area (Å²) in [5.41, 5.74) is 0.485. The van der Waals surface area contributed by atoms with Gasteiger partial charge in [-0.2, -0.15) is 0 Å². The van der Waals surface area contributed by atoms with Gasteiger partial charge in [0.1, 0.15) is 5.75 Å². The molecule has 0 radical (unpaired) electrons. The maximum atomic E-state index is 12.1. The molecule has 3 aromatic carbocycles. The molecule has 0 unspecified atom stereocenters. The first kappa shape index (κ1) is 16.2. The highest BCUT2D eigenvalue weighted by Gasteiger charge is 2.11. The molecule has 0 aliphatic heterocycles. The van der Waals surface area contributed by atoms with Crippen LogP contribution in [0.3, 0.4) is 0 Å². The zero-order chi connectivity index (χ0) is 18.0. The lowest BCUT2D eigenvalue weighted by Crippen LogP contribution is -2.09. The van der Waals surface area contributed by atoms with Gasteiger partial charge in [0.2, 0.25) is 0 Å². The number of fused-ring (bicyclic) bond motifs is 1. The molecule has 0 saturated carbocycles. The minimum Gasteiger partial charge on any atom is -0.478 e. The Hall–Kier alpha value is -3.67. The molecule has 2 N–H and O–H groups in total. The van der Waals surface area contributed by atoms with Crippen molar-refractivity contribution in [2.24, 2.45) is 0 Å². The number of ether oxygens (including phenoxy) is 1. The van der Waals surface area contributed by atoms with Gasteiger partial charge in [0, 0.05) is 0 Å². The second-order valence-corrected chi connectivity index (χ2v) is 5.30. The van der Waals surface area contributed by atoms with Gasteiger partial charge in [-0.05, 0) is 59.3 Å². The van der Waals surface area contributed by atoms with E-state index in [-0.39, 0.29) is 16.7 Å². The standard InChI is InChI=1S/C19H12O6/c20-17(21)11-1-3-12(4-2-11)19(24)25-16-8-7-13-9-15(18(22)23)6-5-14(13)10-16/h1-10H,(H,20,21)(H,22,23). The SMILES string of the molecule is O=C(O)c1ccc(C(=O)Oc2ccc3cc(C(=O)O)ccc3c2)cc1. The molecule has 0 saturated heterocycles. The first-order valence-corrected chi connectivity index (χ1v) is 7.27. The number of carboxylic acid groups (broad SMARTS) is 2. The molecule has 25 heavy (non-hydrogen) atoms. The maximum absolute atomic E-state index is 12.1. The quantitative estimate of drug-likeness (QED) is 0.559. The van der Waals surface area contributed by atoms with E-state index in [9.17, 15) is 14.4 Å². The monoisotopic (exact) mass is 336 g/mol. The van der Waals surface area contributed by atoms with Crippen molar-refractivity contribution in [1.82, 2.24) is 0 Å². The van der Waals surface area contributed by atoms with Gasteiger partial charge in [-0.25, -0.2) is 14.4 Å². The lowest BCUT2D eigenvalue weighted by Gasteiger charge is -2.06. The molecule has 3 aromatic rings. The van der Waals surface area contributed by atoms with Crippen LogP contribution in [0.5, 0.6) is 5.75 Å². The smallest absolute Gasteiger partial charge is 0.343 e. The Morgan fingerprint density at radius 1 is 0.640 bits per heavy atom. The van der Waals surface area contributed by atoms with Crippen LogP contribution in [0, 0.1) is 0 Å². The summed E-state index contributed by atoms with van der Waals surface area (Å²) in [7, 11) is 0. The zero-order valence-electron chi connectivity index (χ0n) is 12.8. The van der Waals surface area contributed by atoms with Crippen LogP contribution >= 0.6 is 0 Å². The Morgan fingerprint density at radius 2 is 1.16 bits per heavy atom. The van der Waals surface area contributed by atoms with E-state index in [1.165, 1.54) is 36.4 Å². The number of esters is 1. The summed E-state index contributed by atoms with van der Waals surface area (Å²) in [6.45, 7) is 0. The van der Waals surface area contributed by atoms with Gasteiger partial charge >= 0.3 is 17.9 Å². The fourth-order valence-corrected chi connectivity index (χ4v) is 2.34. The molecule has 0 atom stereocenters. The third-order valence-electron chi connectivity index (χ3n) is 3.64. The molecule has 0 aromatic heterocycles. The summed E-state index contributed by atoms with van der Waals surface area (Å²) in [5.74, 6) is -2.39. The Kier molecular flexibility index (Phi) is 4.18. The lowest BCUT2D eigenvalue weighted by atomic mass is 10.1. The second kappa shape index (κ2) is 6.45. The molecule has 0 aliphatic rings. The third kappa shape index (κ3) is 3.48. The molecule has 6 nitrogen and oxygen atoms in total. The average Bonchev–Trinajstić information content (AvgIpc) is 2.61. The van der Waals surface area contributed by atoms with Crippen LogP contribution in [-0.4, -0.2) is 28.1 Å². The molecule has 0 heterocycles. The number of carbonyl (C=O) groups is 3. The Bertz CT molecular complexity index is 988. The Morgan fingerprint density at radius 3 is 1.80 bits per heavy atom. The van der Waals surface area contributed by atoms with Gasteiger partial charge in [-0.1, -0.05) is 12.1 Å². The highest BCUT2D eigenvalue weighted by molar-refractivity contribution is 5.96. The average molecular weight is 336 g/mol. The van der Waals surface area contributed by atoms with Gasteiger partial charge < -0.3 is 14.9 Å². The van der Waals surface area contributed by atoms with E-state index in [2.05, 4.69) is 0 Å². The van der Waals surface area contributed by atoms with Crippen LogP contribution < -0.4 is 4.74 Å². The topological polar surface area (TPSA) is 101 Å². The van der Waals surface area contributed by atoms with E-state index >= 15 is 0 Å². The Labute approximate surface area is 141 Å². The van der Waals surface area contributed by atoms with Crippen molar-refractivity contribution in [1.29, 1.82) is 0 Å². The minimum absolute atomic E-state index is 0.0801. The molecule has 0 aliphatic carbocycles. The predicted octanol–water partition coefficient (Wildman–Crippen LogP) is 3.46. The van der Waals surface area contributed by atoms with Crippen molar-refractivity contribution in [3.05, 3.63) is 77.4 Å². The van der Waals surface area contributed by atoms with Gasteiger partial charge in [0.05, 0.1) is 16.7 Å². The molecule has 0 amide bonds. The van der Waals surface area contributed by atoms with Crippen LogP contribution in [0.4, 0.5) is 0 Å². The van der Waals surface area contributed by atoms with Gasteiger partial charge in [-0.3, -0.25) is 0 Å². The summed E-state index contributed by atoms with van der Waals surface area (Å²) in [5, 5.41) is 19.3. The van der Waals surface area contributed by atoms with Crippen LogP contribution in [0.1, 0.15) is 31.1 Å². The predicted molar refractivity (Wildman–Crippen MR) is 89.3 cm³/mol. The number of rotatable bonds is 4. The van der Waals surface area contributed by atoms with E-state index in [1.807, 2.05) is 0 Å². The van der Waals surface area contributed by atoms with E-state index < -0.39 is 17.9 Å². The number of carbonyl (C=O) groups excluding carboxylic acids is 1. The van der Waals surface area contributed by atoms with E-state index in [4.69, 9.17) is 14.9 Å². The van der Waals surface area contributed by atoms with Crippen molar-refractivity contribution in [2.45, 2.75) is 0 Å². The zero-order valence-corrected chi connectivity index (χ0v) is 12.8. The summed E-state index contributed by atoms with van der Waals surface area (Å²) >= 11 is 0. The molecule has 0 spiro atoms.